The normalized spacial score (nSPS) is 11.4. The van der Waals surface area contributed by atoms with Crippen LogP contribution in [0.25, 0.3) is 0 Å². The number of hydrogen-bond donors (Lipinski definition) is 1. The molecule has 2 aromatic carbocycles. The van der Waals surface area contributed by atoms with E-state index in [4.69, 9.17) is 4.74 Å². The van der Waals surface area contributed by atoms with Crippen molar-refractivity contribution < 1.29 is 4.74 Å². The van der Waals surface area contributed by atoms with E-state index in [1.807, 2.05) is 12.1 Å². The molecular formula is C19H25NO. The lowest BCUT2D eigenvalue weighted by Crippen LogP contribution is -2.42. The van der Waals surface area contributed by atoms with E-state index in [2.05, 4.69) is 61.6 Å². The predicted molar refractivity (Wildman–Crippen MR) is 88.9 cm³/mol. The molecule has 112 valence electrons. The smallest absolute Gasteiger partial charge is 0.118 e. The van der Waals surface area contributed by atoms with E-state index in [0.29, 0.717) is 0 Å². The molecule has 0 unspecified atom stereocenters. The van der Waals surface area contributed by atoms with Crippen molar-refractivity contribution in [3.8, 4) is 5.75 Å². The summed E-state index contributed by atoms with van der Waals surface area (Å²) in [7, 11) is 1.70. The maximum Gasteiger partial charge on any atom is 0.118 e. The summed E-state index contributed by atoms with van der Waals surface area (Å²) in [4.78, 5) is 0. The Hall–Kier alpha value is -1.80. The van der Waals surface area contributed by atoms with Crippen LogP contribution < -0.4 is 10.1 Å². The molecule has 0 aromatic heterocycles. The van der Waals surface area contributed by atoms with Gasteiger partial charge in [-0.25, -0.2) is 0 Å². The lowest BCUT2D eigenvalue weighted by molar-refractivity contribution is 0.388. The number of ether oxygens (including phenoxy) is 1. The van der Waals surface area contributed by atoms with E-state index in [-0.39, 0.29) is 5.54 Å². The van der Waals surface area contributed by atoms with Crippen molar-refractivity contribution in [3.63, 3.8) is 0 Å². The second-order valence-corrected chi connectivity index (χ2v) is 6.07. The van der Waals surface area contributed by atoms with Gasteiger partial charge in [0.25, 0.3) is 0 Å². The minimum atomic E-state index is 0.0867. The first kappa shape index (κ1) is 15.6. The van der Waals surface area contributed by atoms with Crippen molar-refractivity contribution in [1.82, 2.24) is 5.32 Å². The molecule has 0 amide bonds. The van der Waals surface area contributed by atoms with Crippen LogP contribution in [0.5, 0.6) is 5.75 Å². The molecule has 0 aliphatic rings. The lowest BCUT2D eigenvalue weighted by Gasteiger charge is -2.27. The maximum absolute atomic E-state index is 5.20. The van der Waals surface area contributed by atoms with E-state index in [1.54, 1.807) is 7.11 Å². The zero-order valence-electron chi connectivity index (χ0n) is 13.2. The minimum absolute atomic E-state index is 0.0867. The second kappa shape index (κ2) is 7.28. The fourth-order valence-electron chi connectivity index (χ4n) is 2.51. The van der Waals surface area contributed by atoms with Gasteiger partial charge in [-0.05, 0) is 56.5 Å². The van der Waals surface area contributed by atoms with Gasteiger partial charge in [0.15, 0.2) is 0 Å². The third-order valence-corrected chi connectivity index (χ3v) is 3.67. The largest absolute Gasteiger partial charge is 0.497 e. The van der Waals surface area contributed by atoms with Crippen LogP contribution in [-0.4, -0.2) is 19.2 Å². The molecule has 0 saturated carbocycles. The molecule has 0 spiro atoms. The summed E-state index contributed by atoms with van der Waals surface area (Å²) in [6, 6.07) is 18.9. The van der Waals surface area contributed by atoms with Gasteiger partial charge < -0.3 is 10.1 Å². The second-order valence-electron chi connectivity index (χ2n) is 6.07. The number of rotatable bonds is 7. The Bertz CT molecular complexity index is 531. The molecule has 0 heterocycles. The topological polar surface area (TPSA) is 21.3 Å². The zero-order chi connectivity index (χ0) is 15.1. The fourth-order valence-corrected chi connectivity index (χ4v) is 2.51. The Morgan fingerprint density at radius 2 is 1.57 bits per heavy atom. The molecule has 0 aliphatic heterocycles. The van der Waals surface area contributed by atoms with Crippen molar-refractivity contribution in [3.05, 3.63) is 65.7 Å². The van der Waals surface area contributed by atoms with Gasteiger partial charge in [0, 0.05) is 5.54 Å². The molecule has 1 N–H and O–H groups in total. The predicted octanol–water partition coefficient (Wildman–Crippen LogP) is 3.85. The highest BCUT2D eigenvalue weighted by Gasteiger charge is 2.17. The monoisotopic (exact) mass is 283 g/mol. The first-order valence-corrected chi connectivity index (χ1v) is 7.51. The molecule has 2 aromatic rings. The van der Waals surface area contributed by atoms with Gasteiger partial charge in [-0.2, -0.15) is 0 Å². The number of hydrogen-bond acceptors (Lipinski definition) is 2. The highest BCUT2D eigenvalue weighted by atomic mass is 16.5. The van der Waals surface area contributed by atoms with Crippen molar-refractivity contribution >= 4 is 0 Å². The highest BCUT2D eigenvalue weighted by molar-refractivity contribution is 5.28. The van der Waals surface area contributed by atoms with Gasteiger partial charge >= 0.3 is 0 Å². The summed E-state index contributed by atoms with van der Waals surface area (Å²) in [5.74, 6) is 0.911. The molecule has 21 heavy (non-hydrogen) atoms. The average molecular weight is 283 g/mol. The molecule has 0 radical (unpaired) electrons. The van der Waals surface area contributed by atoms with Crippen LogP contribution in [0.4, 0.5) is 0 Å². The van der Waals surface area contributed by atoms with Crippen LogP contribution in [0.2, 0.25) is 0 Å². The average Bonchev–Trinajstić information content (AvgIpc) is 2.48. The van der Waals surface area contributed by atoms with Gasteiger partial charge in [-0.1, -0.05) is 42.5 Å². The van der Waals surface area contributed by atoms with E-state index in [9.17, 15) is 0 Å². The summed E-state index contributed by atoms with van der Waals surface area (Å²) in [6.45, 7) is 5.50. The summed E-state index contributed by atoms with van der Waals surface area (Å²) in [5.41, 5.74) is 2.79. The van der Waals surface area contributed by atoms with Gasteiger partial charge in [0.2, 0.25) is 0 Å². The third-order valence-electron chi connectivity index (χ3n) is 3.67. The van der Waals surface area contributed by atoms with Crippen molar-refractivity contribution in [1.29, 1.82) is 0 Å². The maximum atomic E-state index is 5.20. The third kappa shape index (κ3) is 5.24. The summed E-state index contributed by atoms with van der Waals surface area (Å²) >= 11 is 0. The van der Waals surface area contributed by atoms with Crippen LogP contribution >= 0.6 is 0 Å². The Labute approximate surface area is 128 Å². The Morgan fingerprint density at radius 1 is 0.905 bits per heavy atom. The molecule has 0 bridgehead atoms. The lowest BCUT2D eigenvalue weighted by atomic mass is 9.94. The molecular weight excluding hydrogens is 258 g/mol. The van der Waals surface area contributed by atoms with Gasteiger partial charge in [0.05, 0.1) is 7.11 Å². The molecule has 0 fully saturated rings. The fraction of sp³-hybridized carbons (Fsp3) is 0.368. The SMILES string of the molecule is COc1ccc(CC(C)(C)NCCc2ccccc2)cc1. The first-order chi connectivity index (χ1) is 10.1. The molecule has 0 aliphatic carbocycles. The van der Waals surface area contributed by atoms with Gasteiger partial charge in [-0.3, -0.25) is 0 Å². The standard InChI is InChI=1S/C19H25NO/c1-19(2,15-17-9-11-18(21-3)12-10-17)20-14-13-16-7-5-4-6-8-16/h4-12,20H,13-15H2,1-3H3. The Morgan fingerprint density at radius 3 is 2.19 bits per heavy atom. The van der Waals surface area contributed by atoms with Gasteiger partial charge in [-0.15, -0.1) is 0 Å². The van der Waals surface area contributed by atoms with E-state index < -0.39 is 0 Å². The van der Waals surface area contributed by atoms with E-state index in [1.165, 1.54) is 11.1 Å². The van der Waals surface area contributed by atoms with E-state index >= 15 is 0 Å². The summed E-state index contributed by atoms with van der Waals surface area (Å²) in [6.07, 6.45) is 2.07. The zero-order valence-corrected chi connectivity index (χ0v) is 13.2. The van der Waals surface area contributed by atoms with Crippen LogP contribution in [0.15, 0.2) is 54.6 Å². The van der Waals surface area contributed by atoms with Crippen LogP contribution in [0.3, 0.4) is 0 Å². The Kier molecular flexibility index (Phi) is 5.40. The summed E-state index contributed by atoms with van der Waals surface area (Å²) in [5, 5.41) is 3.65. The number of methoxy groups -OCH3 is 1. The van der Waals surface area contributed by atoms with Crippen molar-refractivity contribution in [2.45, 2.75) is 32.2 Å². The Balaban J connectivity index is 1.83. The number of benzene rings is 2. The quantitative estimate of drug-likeness (QED) is 0.833. The van der Waals surface area contributed by atoms with E-state index in [0.717, 1.165) is 25.1 Å². The van der Waals surface area contributed by atoms with Crippen LogP contribution in [-0.2, 0) is 12.8 Å². The van der Waals surface area contributed by atoms with Crippen LogP contribution in [0, 0.1) is 0 Å². The number of nitrogens with one attached hydrogen (secondary N) is 1. The summed E-state index contributed by atoms with van der Waals surface area (Å²) < 4.78 is 5.20. The molecule has 0 atom stereocenters. The van der Waals surface area contributed by atoms with Gasteiger partial charge in [0.1, 0.15) is 5.75 Å². The first-order valence-electron chi connectivity index (χ1n) is 7.51. The molecule has 0 saturated heterocycles. The molecule has 2 nitrogen and oxygen atoms in total. The van der Waals surface area contributed by atoms with Crippen LogP contribution in [0.1, 0.15) is 25.0 Å². The minimum Gasteiger partial charge on any atom is -0.497 e. The molecule has 2 rings (SSSR count). The van der Waals surface area contributed by atoms with Crippen molar-refractivity contribution in [2.75, 3.05) is 13.7 Å². The molecule has 2 heteroatoms. The highest BCUT2D eigenvalue weighted by Crippen LogP contribution is 2.16. The van der Waals surface area contributed by atoms with Crippen molar-refractivity contribution in [2.24, 2.45) is 0 Å².